The third-order valence-electron chi connectivity index (χ3n) is 3.08. The van der Waals surface area contributed by atoms with Gasteiger partial charge >= 0.3 is 0 Å². The highest BCUT2D eigenvalue weighted by molar-refractivity contribution is 6.17. The minimum absolute atomic E-state index is 0.0609. The van der Waals surface area contributed by atoms with Crippen LogP contribution < -0.4 is 0 Å². The SMILES string of the molecule is Cc1ccc(C(=O)/C=C/c2cnn(CCCl)c2)cc1[N+](=O)[O-]. The fourth-order valence-electron chi connectivity index (χ4n) is 1.90. The molecule has 0 aliphatic carbocycles. The van der Waals surface area contributed by atoms with Crippen molar-refractivity contribution in [2.24, 2.45) is 0 Å². The van der Waals surface area contributed by atoms with E-state index in [0.717, 1.165) is 5.56 Å². The van der Waals surface area contributed by atoms with Crippen molar-refractivity contribution in [2.75, 3.05) is 5.88 Å². The molecule has 6 nitrogen and oxygen atoms in total. The molecule has 2 aromatic rings. The molecule has 1 aromatic heterocycles. The number of carbonyl (C=O) groups excluding carboxylic acids is 1. The Labute approximate surface area is 132 Å². The fourth-order valence-corrected chi connectivity index (χ4v) is 2.08. The average Bonchev–Trinajstić information content (AvgIpc) is 2.93. The van der Waals surface area contributed by atoms with E-state index in [1.807, 2.05) is 0 Å². The Morgan fingerprint density at radius 2 is 2.27 bits per heavy atom. The summed E-state index contributed by atoms with van der Waals surface area (Å²) < 4.78 is 1.67. The van der Waals surface area contributed by atoms with Gasteiger partial charge < -0.3 is 0 Å². The van der Waals surface area contributed by atoms with Crippen LogP contribution in [0.4, 0.5) is 5.69 Å². The monoisotopic (exact) mass is 319 g/mol. The van der Waals surface area contributed by atoms with Crippen molar-refractivity contribution < 1.29 is 9.72 Å². The summed E-state index contributed by atoms with van der Waals surface area (Å²) >= 11 is 5.62. The number of hydrogen-bond acceptors (Lipinski definition) is 4. The summed E-state index contributed by atoms with van der Waals surface area (Å²) in [5, 5.41) is 15.0. The van der Waals surface area contributed by atoms with E-state index in [9.17, 15) is 14.9 Å². The number of aryl methyl sites for hydroxylation is 2. The van der Waals surface area contributed by atoms with Crippen LogP contribution in [-0.2, 0) is 6.54 Å². The van der Waals surface area contributed by atoms with Gasteiger partial charge in [-0.25, -0.2) is 0 Å². The number of halogens is 1. The van der Waals surface area contributed by atoms with Crippen molar-refractivity contribution >= 4 is 29.1 Å². The van der Waals surface area contributed by atoms with Crippen LogP contribution in [0.15, 0.2) is 36.7 Å². The molecule has 0 spiro atoms. The first-order valence-electron chi connectivity index (χ1n) is 6.57. The number of hydrogen-bond donors (Lipinski definition) is 0. The molecular formula is C15H14ClN3O3. The number of aromatic nitrogens is 2. The maximum absolute atomic E-state index is 12.1. The summed E-state index contributed by atoms with van der Waals surface area (Å²) in [5.74, 6) is 0.157. The van der Waals surface area contributed by atoms with Gasteiger partial charge in [-0.15, -0.1) is 11.6 Å². The first-order valence-corrected chi connectivity index (χ1v) is 7.10. The van der Waals surface area contributed by atoms with Gasteiger partial charge in [0, 0.05) is 34.8 Å². The molecule has 0 bridgehead atoms. The molecule has 0 saturated heterocycles. The summed E-state index contributed by atoms with van der Waals surface area (Å²) in [6.07, 6.45) is 6.37. The zero-order chi connectivity index (χ0) is 16.1. The molecule has 1 aromatic carbocycles. The normalized spacial score (nSPS) is 11.0. The van der Waals surface area contributed by atoms with Gasteiger partial charge in [0.25, 0.3) is 5.69 Å². The summed E-state index contributed by atoms with van der Waals surface area (Å²) in [7, 11) is 0. The van der Waals surface area contributed by atoms with Crippen LogP contribution in [0.2, 0.25) is 0 Å². The molecule has 0 radical (unpaired) electrons. The van der Waals surface area contributed by atoms with E-state index in [2.05, 4.69) is 5.10 Å². The Hall–Kier alpha value is -2.47. The molecule has 0 aliphatic heterocycles. The molecule has 0 fully saturated rings. The third kappa shape index (κ3) is 3.79. The van der Waals surface area contributed by atoms with Gasteiger partial charge in [0.2, 0.25) is 0 Å². The van der Waals surface area contributed by atoms with Crippen molar-refractivity contribution in [3.63, 3.8) is 0 Å². The molecular weight excluding hydrogens is 306 g/mol. The van der Waals surface area contributed by atoms with E-state index < -0.39 is 4.92 Å². The predicted octanol–water partition coefficient (Wildman–Crippen LogP) is 3.23. The zero-order valence-corrected chi connectivity index (χ0v) is 12.7. The largest absolute Gasteiger partial charge is 0.289 e. The number of alkyl halides is 1. The van der Waals surface area contributed by atoms with Crippen molar-refractivity contribution in [3.8, 4) is 0 Å². The van der Waals surface area contributed by atoms with Crippen molar-refractivity contribution in [1.29, 1.82) is 0 Å². The highest BCUT2D eigenvalue weighted by Crippen LogP contribution is 2.20. The Morgan fingerprint density at radius 3 is 2.95 bits per heavy atom. The van der Waals surface area contributed by atoms with Crippen molar-refractivity contribution in [2.45, 2.75) is 13.5 Å². The molecule has 7 heteroatoms. The second-order valence-electron chi connectivity index (χ2n) is 4.68. The number of ketones is 1. The Kier molecular flexibility index (Phi) is 5.06. The van der Waals surface area contributed by atoms with Crippen molar-refractivity contribution in [3.05, 3.63) is 63.5 Å². The molecule has 0 atom stereocenters. The second kappa shape index (κ2) is 7.00. The quantitative estimate of drug-likeness (QED) is 0.269. The molecule has 2 rings (SSSR count). The minimum Gasteiger partial charge on any atom is -0.289 e. The number of carbonyl (C=O) groups is 1. The number of allylic oxidation sites excluding steroid dienone is 1. The smallest absolute Gasteiger partial charge is 0.273 e. The van der Waals surface area contributed by atoms with Crippen LogP contribution in [0, 0.1) is 17.0 Å². The van der Waals surface area contributed by atoms with E-state index in [1.165, 1.54) is 12.1 Å². The molecule has 0 N–H and O–H groups in total. The van der Waals surface area contributed by atoms with Crippen LogP contribution in [0.3, 0.4) is 0 Å². The summed E-state index contributed by atoms with van der Waals surface area (Å²) in [5.41, 5.74) is 1.50. The Morgan fingerprint density at radius 1 is 1.50 bits per heavy atom. The third-order valence-corrected chi connectivity index (χ3v) is 3.25. The Balaban J connectivity index is 2.16. The topological polar surface area (TPSA) is 78.0 Å². The Bertz CT molecular complexity index is 737. The molecule has 114 valence electrons. The molecule has 22 heavy (non-hydrogen) atoms. The number of nitro benzene ring substituents is 1. The van der Waals surface area contributed by atoms with Gasteiger partial charge in [0.1, 0.15) is 0 Å². The van der Waals surface area contributed by atoms with Gasteiger partial charge in [0.15, 0.2) is 5.78 Å². The first kappa shape index (κ1) is 15.9. The summed E-state index contributed by atoms with van der Waals surface area (Å²) in [6, 6.07) is 4.43. The highest BCUT2D eigenvalue weighted by atomic mass is 35.5. The minimum atomic E-state index is -0.494. The molecule has 0 saturated carbocycles. The average molecular weight is 320 g/mol. The molecule has 0 amide bonds. The lowest BCUT2D eigenvalue weighted by molar-refractivity contribution is -0.385. The van der Waals surface area contributed by atoms with Crippen LogP contribution >= 0.6 is 11.6 Å². The number of nitrogens with zero attached hydrogens (tertiary/aromatic N) is 3. The number of rotatable bonds is 6. The lowest BCUT2D eigenvalue weighted by Crippen LogP contribution is -1.98. The van der Waals surface area contributed by atoms with Crippen molar-refractivity contribution in [1.82, 2.24) is 9.78 Å². The standard InChI is InChI=1S/C15H14ClN3O3/c1-11-2-4-13(8-14(11)19(21)22)15(20)5-3-12-9-17-18(10-12)7-6-16/h2-5,8-10H,6-7H2,1H3/b5-3+. The summed E-state index contributed by atoms with van der Waals surface area (Å²) in [6.45, 7) is 2.22. The molecule has 0 unspecified atom stereocenters. The van der Waals surface area contributed by atoms with E-state index in [0.29, 0.717) is 18.0 Å². The fraction of sp³-hybridized carbons (Fsp3) is 0.200. The van der Waals surface area contributed by atoms with E-state index in [-0.39, 0.29) is 17.0 Å². The van der Waals surface area contributed by atoms with E-state index in [1.54, 1.807) is 42.2 Å². The predicted molar refractivity (Wildman–Crippen MR) is 84.1 cm³/mol. The van der Waals surface area contributed by atoms with Crippen LogP contribution in [0.1, 0.15) is 21.5 Å². The van der Waals surface area contributed by atoms with E-state index >= 15 is 0 Å². The lowest BCUT2D eigenvalue weighted by atomic mass is 10.1. The number of benzene rings is 1. The van der Waals surface area contributed by atoms with Crippen LogP contribution in [0.25, 0.3) is 6.08 Å². The first-order chi connectivity index (χ1) is 10.5. The highest BCUT2D eigenvalue weighted by Gasteiger charge is 2.13. The van der Waals surface area contributed by atoms with E-state index in [4.69, 9.17) is 11.6 Å². The van der Waals surface area contributed by atoms with Gasteiger partial charge in [-0.1, -0.05) is 12.1 Å². The molecule has 1 heterocycles. The maximum atomic E-state index is 12.1. The summed E-state index contributed by atoms with van der Waals surface area (Å²) in [4.78, 5) is 22.5. The number of nitro groups is 1. The second-order valence-corrected chi connectivity index (χ2v) is 5.06. The van der Waals surface area contributed by atoms with Crippen LogP contribution in [-0.4, -0.2) is 26.4 Å². The van der Waals surface area contributed by atoms with Gasteiger partial charge in [0.05, 0.1) is 17.7 Å². The zero-order valence-electron chi connectivity index (χ0n) is 11.9. The van der Waals surface area contributed by atoms with Crippen LogP contribution in [0.5, 0.6) is 0 Å². The van der Waals surface area contributed by atoms with Gasteiger partial charge in [-0.3, -0.25) is 19.6 Å². The lowest BCUT2D eigenvalue weighted by Gasteiger charge is -1.99. The van der Waals surface area contributed by atoms with Gasteiger partial charge in [-0.2, -0.15) is 5.10 Å². The van der Waals surface area contributed by atoms with Gasteiger partial charge in [-0.05, 0) is 19.1 Å². The molecule has 0 aliphatic rings. The maximum Gasteiger partial charge on any atom is 0.273 e.